The number of nitrogens with zero attached hydrogens (tertiary/aromatic N) is 3. The second-order valence-electron chi connectivity index (χ2n) is 5.72. The third-order valence-corrected chi connectivity index (χ3v) is 3.78. The fourth-order valence-corrected chi connectivity index (χ4v) is 2.52. The number of amides is 2. The summed E-state index contributed by atoms with van der Waals surface area (Å²) in [6.07, 6.45) is -3.34. The van der Waals surface area contributed by atoms with Crippen LogP contribution in [-0.2, 0) is 6.18 Å². The van der Waals surface area contributed by atoms with Crippen molar-refractivity contribution < 1.29 is 18.0 Å². The molecular formula is C18H13F3N6O. The lowest BCUT2D eigenvalue weighted by molar-refractivity contribution is -0.137. The zero-order chi connectivity index (χ0) is 20.1. The quantitative estimate of drug-likeness (QED) is 0.637. The van der Waals surface area contributed by atoms with Crippen molar-refractivity contribution in [1.82, 2.24) is 20.5 Å². The van der Waals surface area contributed by atoms with Gasteiger partial charge in [-0.2, -0.15) is 23.5 Å². The number of nitriles is 1. The Morgan fingerprint density at radius 2 is 1.96 bits per heavy atom. The summed E-state index contributed by atoms with van der Waals surface area (Å²) in [7, 11) is 0. The van der Waals surface area contributed by atoms with Crippen LogP contribution in [0.5, 0.6) is 0 Å². The number of carbonyl (C=O) groups is 1. The molecule has 2 aromatic carbocycles. The van der Waals surface area contributed by atoms with E-state index in [4.69, 9.17) is 5.26 Å². The zero-order valence-electron chi connectivity index (χ0n) is 14.2. The molecule has 7 nitrogen and oxygen atoms in total. The summed E-state index contributed by atoms with van der Waals surface area (Å²) in [5, 5.41) is 20.3. The number of aromatic nitrogens is 3. The summed E-state index contributed by atoms with van der Waals surface area (Å²) < 4.78 is 39.1. The highest BCUT2D eigenvalue weighted by Gasteiger charge is 2.31. The van der Waals surface area contributed by atoms with Crippen molar-refractivity contribution in [3.05, 3.63) is 77.4 Å². The van der Waals surface area contributed by atoms with E-state index < -0.39 is 23.8 Å². The largest absolute Gasteiger partial charge is 0.416 e. The molecule has 1 aromatic heterocycles. The summed E-state index contributed by atoms with van der Waals surface area (Å²) in [4.78, 5) is 16.3. The normalized spacial score (nSPS) is 12.1. The Kier molecular flexibility index (Phi) is 5.26. The van der Waals surface area contributed by atoms with Crippen LogP contribution >= 0.6 is 0 Å². The standard InChI is InChI=1S/C18H13F3N6O/c19-18(20,21)13-5-2-4-12(8-13)15(16-23-10-24-27-16)26-17(28)25-14-6-1-3-11(7-14)9-22/h1-8,10,15H,(H,23,24,27)(H2,25,26,28). The highest BCUT2D eigenvalue weighted by Crippen LogP contribution is 2.31. The lowest BCUT2D eigenvalue weighted by Gasteiger charge is -2.19. The van der Waals surface area contributed by atoms with E-state index in [2.05, 4.69) is 25.8 Å². The maximum absolute atomic E-state index is 13.0. The van der Waals surface area contributed by atoms with Gasteiger partial charge in [-0.05, 0) is 35.9 Å². The molecule has 142 valence electrons. The van der Waals surface area contributed by atoms with Crippen molar-refractivity contribution in [1.29, 1.82) is 5.26 Å². The Morgan fingerprint density at radius 1 is 1.18 bits per heavy atom. The zero-order valence-corrected chi connectivity index (χ0v) is 14.2. The smallest absolute Gasteiger partial charge is 0.324 e. The maximum atomic E-state index is 13.0. The lowest BCUT2D eigenvalue weighted by Crippen LogP contribution is -2.34. The monoisotopic (exact) mass is 386 g/mol. The number of carbonyl (C=O) groups excluding carboxylic acids is 1. The minimum Gasteiger partial charge on any atom is -0.324 e. The minimum absolute atomic E-state index is 0.167. The molecule has 0 saturated heterocycles. The number of rotatable bonds is 4. The molecule has 0 aliphatic carbocycles. The molecule has 3 N–H and O–H groups in total. The van der Waals surface area contributed by atoms with Crippen LogP contribution in [0.25, 0.3) is 0 Å². The third kappa shape index (κ3) is 4.45. The minimum atomic E-state index is -4.53. The van der Waals surface area contributed by atoms with Gasteiger partial charge in [-0.1, -0.05) is 18.2 Å². The molecule has 0 saturated carbocycles. The molecule has 10 heteroatoms. The van der Waals surface area contributed by atoms with Gasteiger partial charge in [0.2, 0.25) is 0 Å². The Hall–Kier alpha value is -3.87. The molecule has 1 atom stereocenters. The summed E-state index contributed by atoms with van der Waals surface area (Å²) in [5.41, 5.74) is 0.0327. The number of anilines is 1. The van der Waals surface area contributed by atoms with E-state index in [-0.39, 0.29) is 11.4 Å². The van der Waals surface area contributed by atoms with Gasteiger partial charge in [0, 0.05) is 5.69 Å². The van der Waals surface area contributed by atoms with E-state index >= 15 is 0 Å². The first-order valence-electron chi connectivity index (χ1n) is 7.97. The average molecular weight is 386 g/mol. The highest BCUT2D eigenvalue weighted by molar-refractivity contribution is 5.89. The number of benzene rings is 2. The van der Waals surface area contributed by atoms with Crippen molar-refractivity contribution in [2.24, 2.45) is 0 Å². The predicted molar refractivity (Wildman–Crippen MR) is 93.0 cm³/mol. The molecule has 2 amide bonds. The van der Waals surface area contributed by atoms with E-state index in [1.54, 1.807) is 18.2 Å². The molecule has 1 heterocycles. The first-order chi connectivity index (χ1) is 13.4. The van der Waals surface area contributed by atoms with Crippen LogP contribution in [0.1, 0.15) is 28.6 Å². The number of halogens is 3. The van der Waals surface area contributed by atoms with Crippen LogP contribution in [0.2, 0.25) is 0 Å². The first-order valence-corrected chi connectivity index (χ1v) is 7.97. The Balaban J connectivity index is 1.86. The summed E-state index contributed by atoms with van der Waals surface area (Å²) in [6, 6.07) is 11.0. The fourth-order valence-electron chi connectivity index (χ4n) is 2.52. The number of nitrogens with one attached hydrogen (secondary N) is 3. The Morgan fingerprint density at radius 3 is 2.64 bits per heavy atom. The van der Waals surface area contributed by atoms with Crippen LogP contribution < -0.4 is 10.6 Å². The number of H-pyrrole nitrogens is 1. The molecule has 0 bridgehead atoms. The molecule has 3 rings (SSSR count). The van der Waals surface area contributed by atoms with E-state index in [1.807, 2.05) is 6.07 Å². The van der Waals surface area contributed by atoms with Gasteiger partial charge in [0.1, 0.15) is 12.4 Å². The van der Waals surface area contributed by atoms with Gasteiger partial charge in [-0.25, -0.2) is 9.78 Å². The van der Waals surface area contributed by atoms with Crippen LogP contribution in [0.15, 0.2) is 54.9 Å². The highest BCUT2D eigenvalue weighted by atomic mass is 19.4. The topological polar surface area (TPSA) is 106 Å². The van der Waals surface area contributed by atoms with Gasteiger partial charge in [-0.15, -0.1) is 0 Å². The Labute approximate surface area is 157 Å². The van der Waals surface area contributed by atoms with Crippen molar-refractivity contribution in [3.8, 4) is 6.07 Å². The van der Waals surface area contributed by atoms with E-state index in [1.165, 1.54) is 24.5 Å². The van der Waals surface area contributed by atoms with Crippen molar-refractivity contribution in [2.75, 3.05) is 5.32 Å². The van der Waals surface area contributed by atoms with Crippen LogP contribution in [-0.4, -0.2) is 21.2 Å². The molecule has 0 radical (unpaired) electrons. The van der Waals surface area contributed by atoms with E-state index in [0.717, 1.165) is 12.1 Å². The van der Waals surface area contributed by atoms with E-state index in [9.17, 15) is 18.0 Å². The van der Waals surface area contributed by atoms with Crippen LogP contribution in [0.4, 0.5) is 23.7 Å². The second-order valence-corrected chi connectivity index (χ2v) is 5.72. The average Bonchev–Trinajstić information content (AvgIpc) is 3.20. The third-order valence-electron chi connectivity index (χ3n) is 3.78. The molecule has 0 spiro atoms. The van der Waals surface area contributed by atoms with Crippen molar-refractivity contribution in [2.45, 2.75) is 12.2 Å². The number of urea groups is 1. The SMILES string of the molecule is N#Cc1cccc(NC(=O)NC(c2cccc(C(F)(F)F)c2)c2ncn[nH]2)c1. The Bertz CT molecular complexity index is 1010. The van der Waals surface area contributed by atoms with Gasteiger partial charge >= 0.3 is 12.2 Å². The molecule has 0 aliphatic heterocycles. The number of hydrogen-bond donors (Lipinski definition) is 3. The molecule has 3 aromatic rings. The van der Waals surface area contributed by atoms with Gasteiger partial charge in [0.05, 0.1) is 17.2 Å². The molecular weight excluding hydrogens is 373 g/mol. The number of alkyl halides is 3. The summed E-state index contributed by atoms with van der Waals surface area (Å²) >= 11 is 0. The predicted octanol–water partition coefficient (Wildman–Crippen LogP) is 3.61. The maximum Gasteiger partial charge on any atom is 0.416 e. The second kappa shape index (κ2) is 7.79. The fraction of sp³-hybridized carbons (Fsp3) is 0.111. The van der Waals surface area contributed by atoms with Crippen molar-refractivity contribution >= 4 is 11.7 Å². The lowest BCUT2D eigenvalue weighted by atomic mass is 10.0. The summed E-state index contributed by atoms with van der Waals surface area (Å²) in [6.45, 7) is 0. The number of hydrogen-bond acceptors (Lipinski definition) is 4. The van der Waals surface area contributed by atoms with Crippen molar-refractivity contribution in [3.63, 3.8) is 0 Å². The van der Waals surface area contributed by atoms with Crippen LogP contribution in [0.3, 0.4) is 0 Å². The van der Waals surface area contributed by atoms with Gasteiger partial charge in [-0.3, -0.25) is 5.10 Å². The van der Waals surface area contributed by atoms with E-state index in [0.29, 0.717) is 11.3 Å². The van der Waals surface area contributed by atoms with Gasteiger partial charge in [0.15, 0.2) is 5.82 Å². The van der Waals surface area contributed by atoms with Gasteiger partial charge < -0.3 is 10.6 Å². The first kappa shape index (κ1) is 18.9. The summed E-state index contributed by atoms with van der Waals surface area (Å²) in [5.74, 6) is 0.167. The number of aromatic amines is 1. The molecule has 0 fully saturated rings. The molecule has 1 unspecified atom stereocenters. The van der Waals surface area contributed by atoms with Gasteiger partial charge in [0.25, 0.3) is 0 Å². The molecule has 28 heavy (non-hydrogen) atoms. The molecule has 0 aliphatic rings. The van der Waals surface area contributed by atoms with Crippen LogP contribution in [0, 0.1) is 11.3 Å².